The van der Waals surface area contributed by atoms with E-state index < -0.39 is 0 Å². The number of ether oxygens (including phenoxy) is 4. The fourth-order valence-electron chi connectivity index (χ4n) is 2.46. The number of anilines is 2. The lowest BCUT2D eigenvalue weighted by molar-refractivity contribution is 0.132. The first-order chi connectivity index (χ1) is 15.5. The number of nitrogens with zero attached hydrogens (tertiary/aromatic N) is 2. The SMILES string of the molecule is [2H]c1nc(Nc2cccc(C#C)c2)c2c([2H])c(OCCOC)c(OCCOC)c([2H])c2n1. The molecule has 0 bridgehead atoms. The van der Waals surface area contributed by atoms with Crippen LogP contribution in [0.25, 0.3) is 10.9 Å². The Kier molecular flexibility index (Phi) is 5.88. The minimum absolute atomic E-state index is 0.0500. The topological polar surface area (TPSA) is 74.7 Å². The van der Waals surface area contributed by atoms with Gasteiger partial charge < -0.3 is 24.3 Å². The van der Waals surface area contributed by atoms with Crippen molar-refractivity contribution in [3.05, 3.63) is 48.2 Å². The lowest BCUT2D eigenvalue weighted by atomic mass is 10.2. The minimum Gasteiger partial charge on any atom is -0.487 e. The molecule has 0 atom stereocenters. The van der Waals surface area contributed by atoms with Gasteiger partial charge in [0.15, 0.2) is 11.5 Å². The van der Waals surface area contributed by atoms with Gasteiger partial charge >= 0.3 is 0 Å². The zero-order valence-electron chi connectivity index (χ0n) is 19.2. The monoisotopic (exact) mass is 396 g/mol. The molecule has 0 saturated carbocycles. The van der Waals surface area contributed by atoms with Gasteiger partial charge in [0.25, 0.3) is 0 Å². The molecule has 0 aliphatic rings. The number of hydrogen-bond donors (Lipinski definition) is 1. The van der Waals surface area contributed by atoms with Gasteiger partial charge in [-0.2, -0.15) is 0 Å². The van der Waals surface area contributed by atoms with Crippen LogP contribution >= 0.6 is 0 Å². The van der Waals surface area contributed by atoms with Crippen LogP contribution in [0, 0.1) is 12.3 Å². The number of methoxy groups -OCH3 is 2. The quantitative estimate of drug-likeness (QED) is 0.416. The van der Waals surface area contributed by atoms with Crippen LogP contribution in [0.3, 0.4) is 0 Å². The van der Waals surface area contributed by atoms with Crippen LogP contribution < -0.4 is 14.8 Å². The van der Waals surface area contributed by atoms with Gasteiger partial charge in [0.2, 0.25) is 0 Å². The fourth-order valence-corrected chi connectivity index (χ4v) is 2.46. The highest BCUT2D eigenvalue weighted by Crippen LogP contribution is 2.35. The Morgan fingerprint density at radius 3 is 2.45 bits per heavy atom. The van der Waals surface area contributed by atoms with E-state index in [9.17, 15) is 0 Å². The molecule has 7 nitrogen and oxygen atoms in total. The highest BCUT2D eigenvalue weighted by atomic mass is 16.5. The van der Waals surface area contributed by atoms with Gasteiger partial charge in [-0.1, -0.05) is 12.0 Å². The molecule has 0 spiro atoms. The summed E-state index contributed by atoms with van der Waals surface area (Å²) in [5.74, 6) is 2.86. The van der Waals surface area contributed by atoms with Crippen LogP contribution in [0.15, 0.2) is 42.7 Å². The number of aromatic nitrogens is 2. The lowest BCUT2D eigenvalue weighted by Crippen LogP contribution is -2.09. The second-order valence-corrected chi connectivity index (χ2v) is 5.84. The third-order valence-electron chi connectivity index (χ3n) is 3.83. The molecule has 0 aliphatic carbocycles. The van der Waals surface area contributed by atoms with E-state index in [1.54, 1.807) is 24.3 Å². The van der Waals surface area contributed by atoms with E-state index in [1.807, 2.05) is 0 Å². The zero-order chi connectivity index (χ0) is 23.1. The zero-order valence-corrected chi connectivity index (χ0v) is 16.2. The lowest BCUT2D eigenvalue weighted by Gasteiger charge is -2.15. The van der Waals surface area contributed by atoms with Gasteiger partial charge in [0.1, 0.15) is 26.7 Å². The minimum atomic E-state index is -0.308. The number of terminal acetylenes is 1. The van der Waals surface area contributed by atoms with Gasteiger partial charge in [-0.05, 0) is 24.2 Å². The highest BCUT2D eigenvalue weighted by Gasteiger charge is 2.13. The first-order valence-corrected chi connectivity index (χ1v) is 8.88. The summed E-state index contributed by atoms with van der Waals surface area (Å²) in [7, 11) is 3.07. The molecule has 0 amide bonds. The molecule has 0 radical (unpaired) electrons. The number of nitrogens with one attached hydrogen (secondary N) is 1. The van der Waals surface area contributed by atoms with E-state index in [0.717, 1.165) is 0 Å². The molecular weight excluding hydrogens is 370 g/mol. The third kappa shape index (κ3) is 5.35. The summed E-state index contributed by atoms with van der Waals surface area (Å²) in [6.07, 6.45) is 5.17. The van der Waals surface area contributed by atoms with Crippen molar-refractivity contribution in [3.8, 4) is 23.8 Å². The predicted octanol–water partition coefficient (Wildman–Crippen LogP) is 3.41. The average molecular weight is 396 g/mol. The Bertz CT molecular complexity index is 1150. The summed E-state index contributed by atoms with van der Waals surface area (Å²) in [6.45, 7) is 0.873. The van der Waals surface area contributed by atoms with Crippen molar-refractivity contribution in [3.63, 3.8) is 0 Å². The molecule has 1 heterocycles. The van der Waals surface area contributed by atoms with E-state index in [0.29, 0.717) is 11.3 Å². The highest BCUT2D eigenvalue weighted by molar-refractivity contribution is 5.93. The average Bonchev–Trinajstić information content (AvgIpc) is 2.78. The molecule has 0 aliphatic heterocycles. The largest absolute Gasteiger partial charge is 0.487 e. The van der Waals surface area contributed by atoms with Crippen molar-refractivity contribution >= 4 is 22.4 Å². The number of fused-ring (bicyclic) bond motifs is 1. The first kappa shape index (κ1) is 16.6. The number of rotatable bonds is 10. The van der Waals surface area contributed by atoms with Crippen LogP contribution in [0.1, 0.15) is 9.68 Å². The molecule has 29 heavy (non-hydrogen) atoms. The van der Waals surface area contributed by atoms with Crippen LogP contribution in [0.4, 0.5) is 11.5 Å². The van der Waals surface area contributed by atoms with E-state index in [2.05, 4.69) is 21.2 Å². The van der Waals surface area contributed by atoms with Crippen molar-refractivity contribution in [1.82, 2.24) is 9.97 Å². The molecule has 3 aromatic rings. The van der Waals surface area contributed by atoms with Crippen LogP contribution in [-0.4, -0.2) is 50.6 Å². The van der Waals surface area contributed by atoms with Gasteiger partial charge in [0, 0.05) is 36.9 Å². The predicted molar refractivity (Wildman–Crippen MR) is 112 cm³/mol. The van der Waals surface area contributed by atoms with Crippen LogP contribution in [0.5, 0.6) is 11.5 Å². The second-order valence-electron chi connectivity index (χ2n) is 5.84. The maximum absolute atomic E-state index is 8.77. The number of benzene rings is 2. The Hall–Kier alpha value is -3.34. The molecule has 1 N–H and O–H groups in total. The van der Waals surface area contributed by atoms with Crippen molar-refractivity contribution in [2.75, 3.05) is 46.0 Å². The van der Waals surface area contributed by atoms with E-state index >= 15 is 0 Å². The molecule has 3 rings (SSSR count). The van der Waals surface area contributed by atoms with Crippen molar-refractivity contribution < 1.29 is 23.1 Å². The summed E-state index contributed by atoms with van der Waals surface area (Å²) in [4.78, 5) is 8.23. The maximum atomic E-state index is 8.77. The molecule has 0 fully saturated rings. The fraction of sp³-hybridized carbons (Fsp3) is 0.273. The summed E-state index contributed by atoms with van der Waals surface area (Å²) in [5.41, 5.74) is 1.37. The first-order valence-electron chi connectivity index (χ1n) is 10.4. The van der Waals surface area contributed by atoms with Crippen molar-refractivity contribution in [1.29, 1.82) is 0 Å². The second kappa shape index (κ2) is 10.3. The normalized spacial score (nSPS) is 12.0. The standard InChI is InChI=1S/C22H23N3O4/c1-4-16-6-5-7-17(12-16)25-22-18-13-20(28-10-8-26-2)21(29-11-9-27-3)14-19(18)23-15-24-22/h1,5-7,12-15H,8-11H2,2-3H3,(H,23,24,25)/i13D,14D,15D. The summed E-state index contributed by atoms with van der Waals surface area (Å²) in [5, 5.41) is 3.31. The summed E-state index contributed by atoms with van der Waals surface area (Å²) < 4.78 is 46.9. The molecular formula is C22H23N3O4. The van der Waals surface area contributed by atoms with Crippen molar-refractivity contribution in [2.45, 2.75) is 0 Å². The van der Waals surface area contributed by atoms with Crippen LogP contribution in [-0.2, 0) is 9.47 Å². The Labute approximate surface area is 174 Å². The van der Waals surface area contributed by atoms with E-state index in [1.165, 1.54) is 14.2 Å². The van der Waals surface area contributed by atoms with Gasteiger partial charge in [-0.15, -0.1) is 6.42 Å². The maximum Gasteiger partial charge on any atom is 0.163 e. The Morgan fingerprint density at radius 1 is 1.03 bits per heavy atom. The molecule has 0 saturated heterocycles. The molecule has 7 heteroatoms. The third-order valence-corrected chi connectivity index (χ3v) is 3.83. The van der Waals surface area contributed by atoms with Crippen LogP contribution in [0.2, 0.25) is 0 Å². The smallest absolute Gasteiger partial charge is 0.163 e. The molecule has 150 valence electrons. The van der Waals surface area contributed by atoms with Gasteiger partial charge in [-0.25, -0.2) is 9.97 Å². The van der Waals surface area contributed by atoms with Gasteiger partial charge in [0.05, 0.1) is 21.5 Å². The van der Waals surface area contributed by atoms with E-state index in [-0.39, 0.29) is 73.0 Å². The summed E-state index contributed by atoms with van der Waals surface area (Å²) in [6, 6.07) is 6.89. The molecule has 2 aromatic carbocycles. The van der Waals surface area contributed by atoms with Crippen molar-refractivity contribution in [2.24, 2.45) is 0 Å². The van der Waals surface area contributed by atoms with Gasteiger partial charge in [-0.3, -0.25) is 0 Å². The molecule has 0 unspecified atom stereocenters. The number of hydrogen-bond acceptors (Lipinski definition) is 7. The summed E-state index contributed by atoms with van der Waals surface area (Å²) >= 11 is 0. The van der Waals surface area contributed by atoms with E-state index in [4.69, 9.17) is 29.5 Å². The Balaban J connectivity index is 2.17. The Morgan fingerprint density at radius 2 is 1.76 bits per heavy atom. The molecule has 1 aromatic heterocycles.